The molecule has 12 heteroatoms. The Morgan fingerprint density at radius 3 is 2.41 bits per heavy atom. The highest BCUT2D eigenvalue weighted by Crippen LogP contribution is 2.43. The summed E-state index contributed by atoms with van der Waals surface area (Å²) in [5.41, 5.74) is 7.90. The van der Waals surface area contributed by atoms with E-state index in [9.17, 15) is 22.8 Å². The van der Waals surface area contributed by atoms with Gasteiger partial charge in [0.25, 0.3) is 11.8 Å². The summed E-state index contributed by atoms with van der Waals surface area (Å²) in [7, 11) is 0. The number of aromatic nitrogens is 3. The Labute approximate surface area is 236 Å². The first-order valence-electron chi connectivity index (χ1n) is 12.4. The first kappa shape index (κ1) is 27.8. The molecule has 3 N–H and O–H groups in total. The van der Waals surface area contributed by atoms with E-state index in [1.165, 1.54) is 10.7 Å². The molecule has 0 aliphatic heterocycles. The van der Waals surface area contributed by atoms with Crippen molar-refractivity contribution in [1.82, 2.24) is 14.8 Å². The van der Waals surface area contributed by atoms with Crippen LogP contribution in [0.5, 0.6) is 5.75 Å². The number of nitrogens with two attached hydrogens (primary N) is 1. The second-order valence-electron chi connectivity index (χ2n) is 9.51. The van der Waals surface area contributed by atoms with E-state index in [-0.39, 0.29) is 38.8 Å². The fraction of sp³-hybridized carbons (Fsp3) is 0.172. The highest BCUT2D eigenvalue weighted by Gasteiger charge is 2.35. The van der Waals surface area contributed by atoms with Crippen LogP contribution >= 0.6 is 11.3 Å². The normalized spacial score (nSPS) is 11.6. The van der Waals surface area contributed by atoms with E-state index in [0.29, 0.717) is 22.6 Å². The van der Waals surface area contributed by atoms with Crippen LogP contribution in [-0.4, -0.2) is 26.6 Å². The maximum Gasteiger partial charge on any atom is 0.433 e. The van der Waals surface area contributed by atoms with Crippen LogP contribution in [0.1, 0.15) is 42.5 Å². The third-order valence-electron chi connectivity index (χ3n) is 6.35. The van der Waals surface area contributed by atoms with E-state index < -0.39 is 23.7 Å². The van der Waals surface area contributed by atoms with Gasteiger partial charge in [-0.25, -0.2) is 9.67 Å². The molecule has 0 aliphatic carbocycles. The number of pyridine rings is 1. The number of fused-ring (bicyclic) bond motifs is 1. The molecule has 0 unspecified atom stereocenters. The summed E-state index contributed by atoms with van der Waals surface area (Å²) in [6.45, 7) is 5.74. The van der Waals surface area contributed by atoms with E-state index in [2.05, 4.69) is 15.4 Å². The zero-order valence-electron chi connectivity index (χ0n) is 22.2. The number of nitrogens with zero attached hydrogens (tertiary/aromatic N) is 3. The van der Waals surface area contributed by atoms with Gasteiger partial charge in [0.1, 0.15) is 21.2 Å². The van der Waals surface area contributed by atoms with E-state index in [1.54, 1.807) is 30.5 Å². The molecule has 0 radical (unpaired) electrons. The van der Waals surface area contributed by atoms with Gasteiger partial charge in [0.15, 0.2) is 12.4 Å². The lowest BCUT2D eigenvalue weighted by Gasteiger charge is -2.12. The third kappa shape index (κ3) is 5.78. The molecule has 41 heavy (non-hydrogen) atoms. The van der Waals surface area contributed by atoms with Gasteiger partial charge in [0, 0.05) is 11.6 Å². The fourth-order valence-corrected chi connectivity index (χ4v) is 5.24. The van der Waals surface area contributed by atoms with Crippen molar-refractivity contribution < 1.29 is 27.5 Å². The Hall–Kier alpha value is -4.71. The number of ether oxygens (including phenoxy) is 1. The largest absolute Gasteiger partial charge is 0.471 e. The molecule has 5 rings (SSSR count). The Balaban J connectivity index is 1.51. The predicted octanol–water partition coefficient (Wildman–Crippen LogP) is 6.49. The number of thiophene rings is 1. The Kier molecular flexibility index (Phi) is 7.26. The van der Waals surface area contributed by atoms with Gasteiger partial charge >= 0.3 is 6.18 Å². The van der Waals surface area contributed by atoms with Gasteiger partial charge in [-0.05, 0) is 61.2 Å². The lowest BCUT2D eigenvalue weighted by molar-refractivity contribution is -0.140. The van der Waals surface area contributed by atoms with Crippen LogP contribution in [0.2, 0.25) is 0 Å². The maximum absolute atomic E-state index is 13.7. The summed E-state index contributed by atoms with van der Waals surface area (Å²) in [6.07, 6.45) is -3.19. The van der Waals surface area contributed by atoms with Gasteiger partial charge in [-0.15, -0.1) is 11.3 Å². The molecule has 8 nitrogen and oxygen atoms in total. The van der Waals surface area contributed by atoms with E-state index in [4.69, 9.17) is 10.5 Å². The highest BCUT2D eigenvalue weighted by molar-refractivity contribution is 7.21. The molecule has 210 valence electrons. The summed E-state index contributed by atoms with van der Waals surface area (Å²) < 4.78 is 48.5. The molecular weight excluding hydrogens is 555 g/mol. The smallest absolute Gasteiger partial charge is 0.433 e. The molecule has 0 spiro atoms. The van der Waals surface area contributed by atoms with Crippen molar-refractivity contribution in [2.75, 3.05) is 5.32 Å². The summed E-state index contributed by atoms with van der Waals surface area (Å²) in [5.74, 6) is -0.927. The average molecular weight is 580 g/mol. The molecule has 0 saturated carbocycles. The van der Waals surface area contributed by atoms with Crippen molar-refractivity contribution >= 4 is 39.1 Å². The monoisotopic (exact) mass is 579 g/mol. The SMILES string of the molecule is Cc1ccc(-c2cc(C(F)(F)F)nc3sc(C(N)=O)c(NC(=O)c4ccn(COc5cc(C)ccc5C)n4)c23)cc1. The minimum atomic E-state index is -4.74. The average Bonchev–Trinajstić information content (AvgIpc) is 3.54. The molecule has 0 bridgehead atoms. The molecule has 0 saturated heterocycles. The van der Waals surface area contributed by atoms with Gasteiger partial charge in [-0.1, -0.05) is 42.0 Å². The van der Waals surface area contributed by atoms with Crippen molar-refractivity contribution in [2.24, 2.45) is 5.73 Å². The number of hydrogen-bond donors (Lipinski definition) is 2. The summed E-state index contributed by atoms with van der Waals surface area (Å²) in [5, 5.41) is 7.07. The van der Waals surface area contributed by atoms with Crippen molar-refractivity contribution in [1.29, 1.82) is 0 Å². The number of nitrogens with one attached hydrogen (secondary N) is 1. The lowest BCUT2D eigenvalue weighted by Crippen LogP contribution is -2.18. The Morgan fingerprint density at radius 1 is 1.02 bits per heavy atom. The predicted molar refractivity (Wildman–Crippen MR) is 150 cm³/mol. The second-order valence-corrected chi connectivity index (χ2v) is 10.5. The number of carbonyl (C=O) groups is 2. The molecule has 2 aromatic carbocycles. The van der Waals surface area contributed by atoms with E-state index >= 15 is 0 Å². The molecule has 0 fully saturated rings. The van der Waals surface area contributed by atoms with Crippen LogP contribution in [0.15, 0.2) is 60.8 Å². The highest BCUT2D eigenvalue weighted by atomic mass is 32.1. The van der Waals surface area contributed by atoms with Gasteiger partial charge in [0.05, 0.1) is 5.69 Å². The minimum absolute atomic E-state index is 0.00101. The fourth-order valence-electron chi connectivity index (χ4n) is 4.23. The number of primary amides is 1. The summed E-state index contributed by atoms with van der Waals surface area (Å²) in [4.78, 5) is 29.2. The number of alkyl halides is 3. The first-order chi connectivity index (χ1) is 19.4. The van der Waals surface area contributed by atoms with Crippen molar-refractivity contribution in [3.63, 3.8) is 0 Å². The number of benzene rings is 2. The Morgan fingerprint density at radius 2 is 1.73 bits per heavy atom. The van der Waals surface area contributed by atoms with E-state index in [0.717, 1.165) is 22.8 Å². The topological polar surface area (TPSA) is 112 Å². The molecule has 2 amide bonds. The Bertz CT molecular complexity index is 1790. The maximum atomic E-state index is 13.7. The van der Waals surface area contributed by atoms with Crippen LogP contribution in [0.3, 0.4) is 0 Å². The van der Waals surface area contributed by atoms with Crippen LogP contribution in [0.4, 0.5) is 18.9 Å². The zero-order valence-corrected chi connectivity index (χ0v) is 23.0. The first-order valence-corrected chi connectivity index (χ1v) is 13.2. The molecule has 0 aliphatic rings. The number of amides is 2. The quantitative estimate of drug-likeness (QED) is 0.229. The molecular formula is C29H24F3N5O3S. The van der Waals surface area contributed by atoms with Crippen LogP contribution in [0, 0.1) is 20.8 Å². The number of anilines is 1. The molecule has 5 aromatic rings. The van der Waals surface area contributed by atoms with Gasteiger partial charge in [0.2, 0.25) is 0 Å². The molecule has 3 aromatic heterocycles. The van der Waals surface area contributed by atoms with Crippen LogP contribution in [0.25, 0.3) is 21.3 Å². The summed E-state index contributed by atoms with van der Waals surface area (Å²) >= 11 is 0.679. The van der Waals surface area contributed by atoms with Gasteiger partial charge < -0.3 is 15.8 Å². The zero-order chi connectivity index (χ0) is 29.5. The minimum Gasteiger partial charge on any atom is -0.471 e. The lowest BCUT2D eigenvalue weighted by atomic mass is 10.00. The van der Waals surface area contributed by atoms with Crippen molar-refractivity contribution in [3.05, 3.63) is 93.7 Å². The van der Waals surface area contributed by atoms with Crippen LogP contribution < -0.4 is 15.8 Å². The second kappa shape index (κ2) is 10.7. The van der Waals surface area contributed by atoms with Crippen LogP contribution in [-0.2, 0) is 12.9 Å². The molecule has 0 atom stereocenters. The number of carbonyl (C=O) groups excluding carboxylic acids is 2. The number of aryl methyl sites for hydroxylation is 3. The van der Waals surface area contributed by atoms with Crippen molar-refractivity contribution in [2.45, 2.75) is 33.7 Å². The van der Waals surface area contributed by atoms with Gasteiger partial charge in [-0.2, -0.15) is 18.3 Å². The number of hydrogen-bond acceptors (Lipinski definition) is 6. The standard InChI is InChI=1S/C29H24F3N5O3S/c1-15-5-8-18(9-6-15)19-13-22(29(30,31)32)34-28-23(19)24(25(41-28)26(33)38)35-27(39)20-10-11-37(36-20)14-40-21-12-16(2)4-7-17(21)3/h4-13H,14H2,1-3H3,(H2,33,38)(H,35,39). The van der Waals surface area contributed by atoms with Crippen molar-refractivity contribution in [3.8, 4) is 16.9 Å². The van der Waals surface area contributed by atoms with Gasteiger partial charge in [-0.3, -0.25) is 9.59 Å². The summed E-state index contributed by atoms with van der Waals surface area (Å²) in [6, 6.07) is 15.0. The number of halogens is 3. The number of rotatable bonds is 7. The molecule has 3 heterocycles. The third-order valence-corrected chi connectivity index (χ3v) is 7.44. The van der Waals surface area contributed by atoms with E-state index in [1.807, 2.05) is 39.0 Å².